The van der Waals surface area contributed by atoms with Crippen LogP contribution in [-0.4, -0.2) is 21.3 Å². The molecule has 3 aromatic carbocycles. The van der Waals surface area contributed by atoms with E-state index in [1.165, 1.54) is 10.9 Å². The van der Waals surface area contributed by atoms with Crippen molar-refractivity contribution in [3.05, 3.63) is 96.7 Å². The maximum Gasteiger partial charge on any atom is 0.182 e. The normalized spacial score (nSPS) is 10.5. The summed E-state index contributed by atoms with van der Waals surface area (Å²) in [5, 5.41) is 12.3. The summed E-state index contributed by atoms with van der Waals surface area (Å²) in [6.45, 7) is 0.728. The Morgan fingerprint density at radius 3 is 2.03 bits per heavy atom. The molecule has 0 radical (unpaired) electrons. The highest BCUT2D eigenvalue weighted by molar-refractivity contribution is 7.80. The summed E-state index contributed by atoms with van der Waals surface area (Å²) < 4.78 is 2.04. The maximum atomic E-state index is 5.68. The molecule has 0 unspecified atom stereocenters. The average molecular weight is 431 g/mol. The number of hydrogen-bond donors (Lipinski definition) is 3. The Kier molecular flexibility index (Phi) is 6.37. The van der Waals surface area contributed by atoms with Crippen molar-refractivity contribution in [1.82, 2.24) is 9.88 Å². The first-order valence-corrected chi connectivity index (χ1v) is 10.6. The van der Waals surface area contributed by atoms with Gasteiger partial charge in [-0.25, -0.2) is 0 Å². The van der Waals surface area contributed by atoms with Crippen molar-refractivity contribution in [3.63, 3.8) is 0 Å². The largest absolute Gasteiger partial charge is 0.362 e. The van der Waals surface area contributed by atoms with E-state index < -0.39 is 0 Å². The Morgan fingerprint density at radius 2 is 1.33 bits per heavy atom. The van der Waals surface area contributed by atoms with Crippen LogP contribution in [0.25, 0.3) is 10.9 Å². The monoisotopic (exact) mass is 430 g/mol. The fourth-order valence-electron chi connectivity index (χ4n) is 3.33. The second-order valence-corrected chi connectivity index (χ2v) is 7.63. The molecule has 0 bridgehead atoms. The Bertz CT molecular complexity index is 1150. The van der Waals surface area contributed by atoms with Crippen LogP contribution in [0.1, 0.15) is 5.56 Å². The van der Waals surface area contributed by atoms with Gasteiger partial charge < -0.3 is 16.0 Å². The van der Waals surface area contributed by atoms with Crippen LogP contribution in [-0.2, 0) is 6.42 Å². The van der Waals surface area contributed by atoms with E-state index >= 15 is 0 Å². The van der Waals surface area contributed by atoms with Crippen molar-refractivity contribution in [1.29, 1.82) is 0 Å². The molecule has 0 aliphatic carbocycles. The summed E-state index contributed by atoms with van der Waals surface area (Å²) in [5.41, 5.74) is 4.26. The summed E-state index contributed by atoms with van der Waals surface area (Å²) >= 11 is 11.1. The molecule has 1 heterocycles. The Morgan fingerprint density at radius 1 is 0.733 bits per heavy atom. The molecule has 0 spiro atoms. The van der Waals surface area contributed by atoms with E-state index in [9.17, 15) is 0 Å². The number of thiocarbonyl (C=S) groups is 2. The minimum absolute atomic E-state index is 0.617. The highest BCUT2D eigenvalue weighted by Crippen LogP contribution is 2.22. The van der Waals surface area contributed by atoms with Crippen LogP contribution in [0.5, 0.6) is 0 Å². The van der Waals surface area contributed by atoms with Crippen LogP contribution < -0.4 is 16.0 Å². The molecule has 0 atom stereocenters. The maximum absolute atomic E-state index is 5.68. The van der Waals surface area contributed by atoms with Gasteiger partial charge in [0.05, 0.1) is 5.52 Å². The average Bonchev–Trinajstić information content (AvgIpc) is 3.14. The van der Waals surface area contributed by atoms with E-state index in [0.29, 0.717) is 10.2 Å². The van der Waals surface area contributed by atoms with Crippen LogP contribution in [0, 0.1) is 0 Å². The summed E-state index contributed by atoms with van der Waals surface area (Å²) in [6, 6.07) is 28.2. The van der Waals surface area contributed by atoms with Crippen molar-refractivity contribution < 1.29 is 0 Å². The highest BCUT2D eigenvalue weighted by atomic mass is 32.1. The summed E-state index contributed by atoms with van der Waals surface area (Å²) in [7, 11) is 0. The second kappa shape index (κ2) is 9.52. The quantitative estimate of drug-likeness (QED) is 0.369. The van der Waals surface area contributed by atoms with Gasteiger partial charge in [-0.1, -0.05) is 54.6 Å². The second-order valence-electron chi connectivity index (χ2n) is 6.83. The van der Waals surface area contributed by atoms with E-state index in [2.05, 4.69) is 40.3 Å². The lowest BCUT2D eigenvalue weighted by atomic mass is 10.1. The summed E-state index contributed by atoms with van der Waals surface area (Å²) in [4.78, 5) is 0. The number of nitrogens with zero attached hydrogens (tertiary/aromatic N) is 1. The van der Waals surface area contributed by atoms with E-state index in [1.807, 2.05) is 71.3 Å². The fourth-order valence-corrected chi connectivity index (χ4v) is 3.82. The van der Waals surface area contributed by atoms with Gasteiger partial charge in [0, 0.05) is 29.5 Å². The molecule has 0 saturated carbocycles. The third-order valence-electron chi connectivity index (χ3n) is 4.75. The number of para-hydroxylation sites is 3. The molecule has 3 N–H and O–H groups in total. The number of anilines is 2. The van der Waals surface area contributed by atoms with Crippen molar-refractivity contribution in [2.75, 3.05) is 17.2 Å². The molecule has 4 rings (SSSR count). The topological polar surface area (TPSA) is 41.0 Å². The van der Waals surface area contributed by atoms with Gasteiger partial charge in [-0.2, -0.15) is 0 Å². The number of hydrogen-bond acceptors (Lipinski definition) is 2. The minimum Gasteiger partial charge on any atom is -0.362 e. The van der Waals surface area contributed by atoms with Crippen LogP contribution in [0.3, 0.4) is 0 Å². The van der Waals surface area contributed by atoms with E-state index in [1.54, 1.807) is 0 Å². The molecule has 0 aliphatic heterocycles. The molecule has 1 aromatic heterocycles. The van der Waals surface area contributed by atoms with Crippen molar-refractivity contribution in [2.24, 2.45) is 0 Å². The molecule has 6 heteroatoms. The zero-order valence-corrected chi connectivity index (χ0v) is 18.0. The molecule has 0 fully saturated rings. The number of aromatic nitrogens is 1. The first-order chi connectivity index (χ1) is 14.7. The van der Waals surface area contributed by atoms with Crippen molar-refractivity contribution >= 4 is 56.9 Å². The van der Waals surface area contributed by atoms with Crippen LogP contribution in [0.4, 0.5) is 11.4 Å². The fraction of sp³-hybridized carbons (Fsp3) is 0.0833. The van der Waals surface area contributed by atoms with Gasteiger partial charge in [0.15, 0.2) is 10.2 Å². The smallest absolute Gasteiger partial charge is 0.182 e. The number of rotatable bonds is 5. The molecule has 30 heavy (non-hydrogen) atoms. The minimum atomic E-state index is 0.617. The molecule has 150 valence electrons. The molecule has 0 aliphatic rings. The number of nitrogens with one attached hydrogen (secondary N) is 3. The van der Waals surface area contributed by atoms with E-state index in [0.717, 1.165) is 29.9 Å². The molecule has 4 nitrogen and oxygen atoms in total. The summed E-state index contributed by atoms with van der Waals surface area (Å²) in [6.07, 6.45) is 2.94. The highest BCUT2D eigenvalue weighted by Gasteiger charge is 2.11. The summed E-state index contributed by atoms with van der Waals surface area (Å²) in [5.74, 6) is 0. The molecule has 0 saturated heterocycles. The molecule has 4 aromatic rings. The third kappa shape index (κ3) is 4.84. The van der Waals surface area contributed by atoms with Gasteiger partial charge in [-0.15, -0.1) is 0 Å². The van der Waals surface area contributed by atoms with Gasteiger partial charge >= 0.3 is 0 Å². The molecular weight excluding hydrogens is 408 g/mol. The SMILES string of the molecule is S=C(NCCc1cn(C(=S)Nc2ccccc2)c2ccccc12)Nc1ccccc1. The van der Waals surface area contributed by atoms with E-state index in [-0.39, 0.29) is 0 Å². The molecular formula is C24H22N4S2. The lowest BCUT2D eigenvalue weighted by Crippen LogP contribution is -2.30. The lowest BCUT2D eigenvalue weighted by molar-refractivity contribution is 0.876. The Labute approximate surface area is 186 Å². The zero-order chi connectivity index (χ0) is 20.8. The van der Waals surface area contributed by atoms with Gasteiger partial charge in [0.25, 0.3) is 0 Å². The van der Waals surface area contributed by atoms with Crippen LogP contribution in [0.2, 0.25) is 0 Å². The zero-order valence-electron chi connectivity index (χ0n) is 16.3. The standard InChI is InChI=1S/C24H22N4S2/c29-23(26-19-9-3-1-4-10-19)25-16-15-18-17-28(22-14-8-7-13-21(18)22)24(30)27-20-11-5-2-6-12-20/h1-14,17H,15-16H2,(H,27,30)(H2,25,26,29). The van der Waals surface area contributed by atoms with E-state index in [4.69, 9.17) is 24.4 Å². The predicted octanol–water partition coefficient (Wildman–Crippen LogP) is 5.42. The van der Waals surface area contributed by atoms with Crippen molar-refractivity contribution in [3.8, 4) is 0 Å². The van der Waals surface area contributed by atoms with Crippen LogP contribution in [0.15, 0.2) is 91.1 Å². The van der Waals surface area contributed by atoms with Crippen molar-refractivity contribution in [2.45, 2.75) is 6.42 Å². The van der Waals surface area contributed by atoms with Gasteiger partial charge in [-0.3, -0.25) is 4.57 Å². The Balaban J connectivity index is 1.44. The first-order valence-electron chi connectivity index (χ1n) is 9.76. The van der Waals surface area contributed by atoms with Gasteiger partial charge in [0.1, 0.15) is 0 Å². The van der Waals surface area contributed by atoms with Crippen LogP contribution >= 0.6 is 24.4 Å². The van der Waals surface area contributed by atoms with Gasteiger partial charge in [-0.05, 0) is 66.8 Å². The third-order valence-corrected chi connectivity index (χ3v) is 5.30. The molecule has 0 amide bonds. The predicted molar refractivity (Wildman–Crippen MR) is 134 cm³/mol. The van der Waals surface area contributed by atoms with Gasteiger partial charge in [0.2, 0.25) is 0 Å². The Hall–Kier alpha value is -3.22. The first kappa shape index (κ1) is 20.1. The number of benzene rings is 3. The lowest BCUT2D eigenvalue weighted by Gasteiger charge is -2.10. The number of fused-ring (bicyclic) bond motifs is 1.